The maximum Gasteiger partial charge on any atom is 0.345 e. The zero-order valence-electron chi connectivity index (χ0n) is 7.29. The third-order valence-corrected chi connectivity index (χ3v) is 1.35. The van der Waals surface area contributed by atoms with Crippen LogP contribution in [0.4, 0.5) is 0 Å². The molecule has 66 valence electrons. The Kier molecular flexibility index (Phi) is 1.87. The highest BCUT2D eigenvalue weighted by molar-refractivity contribution is 4.76. The van der Waals surface area contributed by atoms with Crippen molar-refractivity contribution in [3.8, 4) is 0 Å². The Morgan fingerprint density at radius 3 is 2.42 bits per heavy atom. The average Bonchev–Trinajstić information content (AvgIpc) is 1.83. The molecule has 1 aromatic rings. The van der Waals surface area contributed by atoms with Crippen LogP contribution >= 0.6 is 0 Å². The number of aromatic nitrogens is 3. The van der Waals surface area contributed by atoms with Gasteiger partial charge in [0.05, 0.1) is 5.54 Å². The molecule has 0 saturated carbocycles. The first-order valence-corrected chi connectivity index (χ1v) is 3.60. The summed E-state index contributed by atoms with van der Waals surface area (Å²) >= 11 is 0. The van der Waals surface area contributed by atoms with Gasteiger partial charge in [0, 0.05) is 0 Å². The minimum atomic E-state index is -0.477. The molecule has 1 N–H and O–H groups in total. The van der Waals surface area contributed by atoms with E-state index in [-0.39, 0.29) is 0 Å². The van der Waals surface area contributed by atoms with Crippen LogP contribution < -0.4 is 11.2 Å². The van der Waals surface area contributed by atoms with E-state index in [1.807, 2.05) is 20.8 Å². The second-order valence-electron chi connectivity index (χ2n) is 3.52. The van der Waals surface area contributed by atoms with Crippen molar-refractivity contribution in [2.75, 3.05) is 0 Å². The molecular weight excluding hydrogens is 158 g/mol. The second kappa shape index (κ2) is 2.58. The van der Waals surface area contributed by atoms with Crippen LogP contribution in [-0.2, 0) is 5.54 Å². The van der Waals surface area contributed by atoms with Crippen LogP contribution in [-0.4, -0.2) is 14.8 Å². The lowest BCUT2D eigenvalue weighted by Gasteiger charge is -2.18. The van der Waals surface area contributed by atoms with E-state index < -0.39 is 16.8 Å². The van der Waals surface area contributed by atoms with E-state index in [1.54, 1.807) is 0 Å². The monoisotopic (exact) mass is 169 g/mol. The maximum absolute atomic E-state index is 11.1. The Hall–Kier alpha value is -1.39. The normalized spacial score (nSPS) is 11.6. The molecule has 1 rings (SSSR count). The van der Waals surface area contributed by atoms with Gasteiger partial charge in [0.25, 0.3) is 5.56 Å². The molecule has 1 aromatic heterocycles. The van der Waals surface area contributed by atoms with E-state index >= 15 is 0 Å². The van der Waals surface area contributed by atoms with Crippen molar-refractivity contribution in [2.45, 2.75) is 26.3 Å². The predicted molar refractivity (Wildman–Crippen MR) is 44.1 cm³/mol. The molecule has 5 heteroatoms. The Morgan fingerprint density at radius 2 is 2.00 bits per heavy atom. The summed E-state index contributed by atoms with van der Waals surface area (Å²) in [5.41, 5.74) is -1.35. The van der Waals surface area contributed by atoms with E-state index in [9.17, 15) is 9.59 Å². The van der Waals surface area contributed by atoms with Gasteiger partial charge in [-0.15, -0.1) is 0 Å². The number of aromatic amines is 1. The molecule has 0 aliphatic heterocycles. The van der Waals surface area contributed by atoms with Crippen LogP contribution in [0.2, 0.25) is 0 Å². The lowest BCUT2D eigenvalue weighted by atomic mass is 10.1. The smallest absolute Gasteiger partial charge is 0.271 e. The van der Waals surface area contributed by atoms with Crippen molar-refractivity contribution >= 4 is 0 Å². The zero-order valence-corrected chi connectivity index (χ0v) is 7.29. The standard InChI is InChI=1S/C7H11N3O2/c1-7(2,3)10-6(12)9-5(11)4-8-10/h4H,1-3H3,(H,9,11,12). The Balaban J connectivity index is 3.39. The van der Waals surface area contributed by atoms with E-state index in [2.05, 4.69) is 10.1 Å². The van der Waals surface area contributed by atoms with Crippen LogP contribution in [0.3, 0.4) is 0 Å². The van der Waals surface area contributed by atoms with Crippen LogP contribution in [0, 0.1) is 0 Å². The fourth-order valence-electron chi connectivity index (χ4n) is 0.831. The molecule has 5 nitrogen and oxygen atoms in total. The van der Waals surface area contributed by atoms with Gasteiger partial charge in [-0.3, -0.25) is 9.78 Å². The molecule has 0 fully saturated rings. The molecule has 12 heavy (non-hydrogen) atoms. The zero-order chi connectivity index (χ0) is 9.35. The minimum Gasteiger partial charge on any atom is -0.271 e. The van der Waals surface area contributed by atoms with Gasteiger partial charge in [-0.25, -0.2) is 9.48 Å². The summed E-state index contributed by atoms with van der Waals surface area (Å²) in [5.74, 6) is 0. The highest BCUT2D eigenvalue weighted by atomic mass is 16.2. The number of H-pyrrole nitrogens is 1. The molecule has 1 heterocycles. The van der Waals surface area contributed by atoms with E-state index in [0.29, 0.717) is 0 Å². The molecule has 0 saturated heterocycles. The fraction of sp³-hybridized carbons (Fsp3) is 0.571. The Labute approximate surface area is 69.1 Å². The van der Waals surface area contributed by atoms with Crippen LogP contribution in [0.25, 0.3) is 0 Å². The van der Waals surface area contributed by atoms with Crippen molar-refractivity contribution < 1.29 is 0 Å². The molecule has 0 radical (unpaired) electrons. The first kappa shape index (κ1) is 8.70. The van der Waals surface area contributed by atoms with Crippen molar-refractivity contribution in [3.63, 3.8) is 0 Å². The molecule has 0 atom stereocenters. The summed E-state index contributed by atoms with van der Waals surface area (Å²) in [6.45, 7) is 5.50. The van der Waals surface area contributed by atoms with Gasteiger partial charge in [-0.1, -0.05) is 0 Å². The predicted octanol–water partition coefficient (Wildman–Crippen LogP) is -0.313. The molecule has 0 bridgehead atoms. The summed E-state index contributed by atoms with van der Waals surface area (Å²) in [7, 11) is 0. The van der Waals surface area contributed by atoms with Gasteiger partial charge >= 0.3 is 5.69 Å². The average molecular weight is 169 g/mol. The third-order valence-electron chi connectivity index (χ3n) is 1.35. The second-order valence-corrected chi connectivity index (χ2v) is 3.52. The number of rotatable bonds is 0. The van der Waals surface area contributed by atoms with E-state index in [1.165, 1.54) is 4.68 Å². The van der Waals surface area contributed by atoms with Crippen molar-refractivity contribution in [3.05, 3.63) is 27.0 Å². The first-order chi connectivity index (χ1) is 5.41. The molecule has 0 unspecified atom stereocenters. The molecule has 0 aliphatic rings. The lowest BCUT2D eigenvalue weighted by Crippen LogP contribution is -2.40. The van der Waals surface area contributed by atoms with Gasteiger partial charge in [-0.05, 0) is 20.8 Å². The summed E-state index contributed by atoms with van der Waals surface area (Å²) in [6.07, 6.45) is 1.09. The van der Waals surface area contributed by atoms with Crippen molar-refractivity contribution in [1.82, 2.24) is 14.8 Å². The molecule has 0 aromatic carbocycles. The summed E-state index contributed by atoms with van der Waals surface area (Å²) < 4.78 is 1.23. The highest BCUT2D eigenvalue weighted by Gasteiger charge is 2.15. The van der Waals surface area contributed by atoms with Crippen LogP contribution in [0.5, 0.6) is 0 Å². The molecule has 0 amide bonds. The first-order valence-electron chi connectivity index (χ1n) is 3.60. The van der Waals surface area contributed by atoms with Crippen LogP contribution in [0.15, 0.2) is 15.8 Å². The van der Waals surface area contributed by atoms with Gasteiger partial charge in [0.1, 0.15) is 6.20 Å². The van der Waals surface area contributed by atoms with Crippen molar-refractivity contribution in [1.29, 1.82) is 0 Å². The largest absolute Gasteiger partial charge is 0.345 e. The van der Waals surface area contributed by atoms with E-state index in [4.69, 9.17) is 0 Å². The molecular formula is C7H11N3O2. The summed E-state index contributed by atoms with van der Waals surface area (Å²) in [4.78, 5) is 23.9. The fourth-order valence-corrected chi connectivity index (χ4v) is 0.831. The van der Waals surface area contributed by atoms with Gasteiger partial charge in [0.2, 0.25) is 0 Å². The number of nitrogens with one attached hydrogen (secondary N) is 1. The van der Waals surface area contributed by atoms with Gasteiger partial charge in [0.15, 0.2) is 0 Å². The van der Waals surface area contributed by atoms with Crippen molar-refractivity contribution in [2.24, 2.45) is 0 Å². The summed E-state index contributed by atoms with van der Waals surface area (Å²) in [6, 6.07) is 0. The topological polar surface area (TPSA) is 67.8 Å². The highest BCUT2D eigenvalue weighted by Crippen LogP contribution is 2.06. The summed E-state index contributed by atoms with van der Waals surface area (Å²) in [5, 5.41) is 3.71. The minimum absolute atomic E-state index is 0.402. The maximum atomic E-state index is 11.1. The lowest BCUT2D eigenvalue weighted by molar-refractivity contribution is 0.329. The van der Waals surface area contributed by atoms with Gasteiger partial charge < -0.3 is 0 Å². The number of hydrogen-bond acceptors (Lipinski definition) is 3. The number of hydrogen-bond donors (Lipinski definition) is 1. The number of nitrogens with zero attached hydrogens (tertiary/aromatic N) is 2. The SMILES string of the molecule is CC(C)(C)n1ncc(=O)[nH]c1=O. The molecule has 0 spiro atoms. The van der Waals surface area contributed by atoms with E-state index in [0.717, 1.165) is 6.20 Å². The third kappa shape index (κ3) is 1.61. The van der Waals surface area contributed by atoms with Gasteiger partial charge in [-0.2, -0.15) is 5.10 Å². The Bertz CT molecular complexity index is 383. The quantitative estimate of drug-likeness (QED) is 0.579. The Morgan fingerprint density at radius 1 is 1.42 bits per heavy atom. The molecule has 0 aliphatic carbocycles. The van der Waals surface area contributed by atoms with Crippen LogP contribution in [0.1, 0.15) is 20.8 Å².